The molecule has 0 amide bonds. The van der Waals surface area contributed by atoms with Crippen molar-refractivity contribution in [2.75, 3.05) is 48.9 Å². The summed E-state index contributed by atoms with van der Waals surface area (Å²) < 4.78 is 5.03. The molecule has 6 heteroatoms. The minimum atomic E-state index is 0.629. The average molecular weight is 327 g/mol. The van der Waals surface area contributed by atoms with Gasteiger partial charge in [-0.15, -0.1) is 0 Å². The molecule has 0 atom stereocenters. The van der Waals surface area contributed by atoms with E-state index in [4.69, 9.17) is 4.74 Å². The molecule has 24 heavy (non-hydrogen) atoms. The number of aromatic nitrogens is 2. The van der Waals surface area contributed by atoms with Crippen molar-refractivity contribution in [2.45, 2.75) is 19.3 Å². The Kier molecular flexibility index (Phi) is 5.85. The van der Waals surface area contributed by atoms with Crippen molar-refractivity contribution in [3.8, 4) is 0 Å². The Morgan fingerprint density at radius 2 is 1.92 bits per heavy atom. The van der Waals surface area contributed by atoms with Crippen molar-refractivity contribution in [2.24, 2.45) is 0 Å². The standard InChI is InChI=1S/C18H25N5O/c1-24-14-4-10-19-18-20-11-9-17(22-18)21-15-5-7-16(8-6-15)23-12-2-3-13-23/h5-9,11H,2-4,10,12-14H2,1H3,(H2,19,20,21,22). The van der Waals surface area contributed by atoms with Crippen LogP contribution in [0.25, 0.3) is 0 Å². The lowest BCUT2D eigenvalue weighted by atomic mass is 10.2. The van der Waals surface area contributed by atoms with Crippen molar-refractivity contribution in [1.82, 2.24) is 9.97 Å². The molecule has 2 N–H and O–H groups in total. The molecular formula is C18H25N5O. The molecule has 0 spiro atoms. The average Bonchev–Trinajstić information content (AvgIpc) is 3.14. The van der Waals surface area contributed by atoms with Gasteiger partial charge >= 0.3 is 0 Å². The summed E-state index contributed by atoms with van der Waals surface area (Å²) in [5.74, 6) is 1.41. The molecule has 1 aliphatic heterocycles. The van der Waals surface area contributed by atoms with Crippen LogP contribution >= 0.6 is 0 Å². The fourth-order valence-electron chi connectivity index (χ4n) is 2.81. The summed E-state index contributed by atoms with van der Waals surface area (Å²) in [6, 6.07) is 10.4. The number of hydrogen-bond donors (Lipinski definition) is 2. The summed E-state index contributed by atoms with van der Waals surface area (Å²) in [6.07, 6.45) is 5.27. The molecule has 1 saturated heterocycles. The van der Waals surface area contributed by atoms with E-state index >= 15 is 0 Å². The molecule has 2 heterocycles. The highest BCUT2D eigenvalue weighted by atomic mass is 16.5. The number of anilines is 4. The van der Waals surface area contributed by atoms with E-state index in [1.54, 1.807) is 13.3 Å². The maximum atomic E-state index is 5.03. The van der Waals surface area contributed by atoms with E-state index in [1.807, 2.05) is 6.07 Å². The summed E-state index contributed by atoms with van der Waals surface area (Å²) in [5, 5.41) is 6.53. The fraction of sp³-hybridized carbons (Fsp3) is 0.444. The molecular weight excluding hydrogens is 302 g/mol. The van der Waals surface area contributed by atoms with Crippen LogP contribution in [0.4, 0.5) is 23.1 Å². The van der Waals surface area contributed by atoms with Gasteiger partial charge in [-0.25, -0.2) is 4.98 Å². The topological polar surface area (TPSA) is 62.3 Å². The number of rotatable bonds is 8. The monoisotopic (exact) mass is 327 g/mol. The third kappa shape index (κ3) is 4.58. The van der Waals surface area contributed by atoms with Gasteiger partial charge in [-0.3, -0.25) is 0 Å². The van der Waals surface area contributed by atoms with Crippen LogP contribution in [0.2, 0.25) is 0 Å². The molecule has 128 valence electrons. The van der Waals surface area contributed by atoms with E-state index < -0.39 is 0 Å². The Labute approximate surface area is 143 Å². The molecule has 3 rings (SSSR count). The van der Waals surface area contributed by atoms with Gasteiger partial charge in [0.25, 0.3) is 0 Å². The molecule has 1 aromatic carbocycles. The Balaban J connectivity index is 1.57. The first kappa shape index (κ1) is 16.5. The van der Waals surface area contributed by atoms with Crippen LogP contribution in [0.15, 0.2) is 36.5 Å². The highest BCUT2D eigenvalue weighted by Crippen LogP contribution is 2.23. The van der Waals surface area contributed by atoms with E-state index in [1.165, 1.54) is 18.5 Å². The predicted octanol–water partition coefficient (Wildman–Crippen LogP) is 3.27. The van der Waals surface area contributed by atoms with Gasteiger partial charge in [-0.2, -0.15) is 4.98 Å². The number of benzene rings is 1. The second-order valence-corrected chi connectivity index (χ2v) is 5.90. The van der Waals surface area contributed by atoms with Gasteiger partial charge in [0.1, 0.15) is 5.82 Å². The predicted molar refractivity (Wildman–Crippen MR) is 98.2 cm³/mol. The van der Waals surface area contributed by atoms with Gasteiger partial charge in [-0.1, -0.05) is 0 Å². The molecule has 2 aromatic rings. The summed E-state index contributed by atoms with van der Waals surface area (Å²) in [6.45, 7) is 3.85. The lowest BCUT2D eigenvalue weighted by Crippen LogP contribution is -2.17. The maximum Gasteiger partial charge on any atom is 0.224 e. The lowest BCUT2D eigenvalue weighted by molar-refractivity contribution is 0.197. The number of ether oxygens (including phenoxy) is 1. The Morgan fingerprint density at radius 1 is 1.12 bits per heavy atom. The zero-order valence-corrected chi connectivity index (χ0v) is 14.2. The molecule has 1 fully saturated rings. The largest absolute Gasteiger partial charge is 0.385 e. The van der Waals surface area contributed by atoms with Gasteiger partial charge in [-0.05, 0) is 49.6 Å². The summed E-state index contributed by atoms with van der Waals surface area (Å²) in [5.41, 5.74) is 2.32. The van der Waals surface area contributed by atoms with Crippen LogP contribution in [-0.2, 0) is 4.74 Å². The third-order valence-corrected chi connectivity index (χ3v) is 4.07. The van der Waals surface area contributed by atoms with Gasteiger partial charge in [0.2, 0.25) is 5.95 Å². The smallest absolute Gasteiger partial charge is 0.224 e. The third-order valence-electron chi connectivity index (χ3n) is 4.07. The number of hydrogen-bond acceptors (Lipinski definition) is 6. The van der Waals surface area contributed by atoms with Crippen molar-refractivity contribution in [3.63, 3.8) is 0 Å². The molecule has 1 aromatic heterocycles. The van der Waals surface area contributed by atoms with Crippen molar-refractivity contribution < 1.29 is 4.74 Å². The van der Waals surface area contributed by atoms with Crippen LogP contribution < -0.4 is 15.5 Å². The Morgan fingerprint density at radius 3 is 2.67 bits per heavy atom. The first-order valence-electron chi connectivity index (χ1n) is 8.53. The minimum absolute atomic E-state index is 0.629. The quantitative estimate of drug-likeness (QED) is 0.726. The molecule has 6 nitrogen and oxygen atoms in total. The molecule has 0 aliphatic carbocycles. The summed E-state index contributed by atoms with van der Waals surface area (Å²) in [4.78, 5) is 11.1. The van der Waals surface area contributed by atoms with Gasteiger partial charge in [0.15, 0.2) is 0 Å². The highest BCUT2D eigenvalue weighted by molar-refractivity contribution is 5.61. The van der Waals surface area contributed by atoms with E-state index in [0.29, 0.717) is 5.95 Å². The fourth-order valence-corrected chi connectivity index (χ4v) is 2.81. The van der Waals surface area contributed by atoms with Crippen molar-refractivity contribution >= 4 is 23.1 Å². The van der Waals surface area contributed by atoms with Crippen molar-refractivity contribution in [1.29, 1.82) is 0 Å². The van der Waals surface area contributed by atoms with E-state index in [9.17, 15) is 0 Å². The summed E-state index contributed by atoms with van der Waals surface area (Å²) in [7, 11) is 1.70. The number of nitrogens with zero attached hydrogens (tertiary/aromatic N) is 3. The zero-order chi connectivity index (χ0) is 16.6. The first-order valence-corrected chi connectivity index (χ1v) is 8.53. The molecule has 1 aliphatic rings. The Bertz CT molecular complexity index is 626. The second-order valence-electron chi connectivity index (χ2n) is 5.90. The molecule has 0 saturated carbocycles. The lowest BCUT2D eigenvalue weighted by Gasteiger charge is -2.18. The SMILES string of the molecule is COCCCNc1nccc(Nc2ccc(N3CCCC3)cc2)n1. The number of nitrogens with one attached hydrogen (secondary N) is 2. The highest BCUT2D eigenvalue weighted by Gasteiger charge is 2.11. The molecule has 0 unspecified atom stereocenters. The van der Waals surface area contributed by atoms with Crippen LogP contribution in [0.1, 0.15) is 19.3 Å². The van der Waals surface area contributed by atoms with Crippen LogP contribution in [-0.4, -0.2) is 43.3 Å². The molecule has 0 bridgehead atoms. The zero-order valence-electron chi connectivity index (χ0n) is 14.2. The van der Waals surface area contributed by atoms with Crippen LogP contribution in [0.5, 0.6) is 0 Å². The summed E-state index contributed by atoms with van der Waals surface area (Å²) >= 11 is 0. The normalized spacial score (nSPS) is 14.0. The van der Waals surface area contributed by atoms with E-state index in [0.717, 1.165) is 44.2 Å². The van der Waals surface area contributed by atoms with Crippen LogP contribution in [0, 0.1) is 0 Å². The molecule has 0 radical (unpaired) electrons. The van der Waals surface area contributed by atoms with Crippen molar-refractivity contribution in [3.05, 3.63) is 36.5 Å². The van der Waals surface area contributed by atoms with Gasteiger partial charge < -0.3 is 20.3 Å². The van der Waals surface area contributed by atoms with Gasteiger partial charge in [0.05, 0.1) is 0 Å². The number of methoxy groups -OCH3 is 1. The minimum Gasteiger partial charge on any atom is -0.385 e. The van der Waals surface area contributed by atoms with E-state index in [-0.39, 0.29) is 0 Å². The van der Waals surface area contributed by atoms with E-state index in [2.05, 4.69) is 49.8 Å². The second kappa shape index (κ2) is 8.49. The Hall–Kier alpha value is -2.34. The van der Waals surface area contributed by atoms with Gasteiger partial charge in [0, 0.05) is 50.9 Å². The first-order chi connectivity index (χ1) is 11.8. The van der Waals surface area contributed by atoms with Crippen LogP contribution in [0.3, 0.4) is 0 Å². The maximum absolute atomic E-state index is 5.03.